The highest BCUT2D eigenvalue weighted by molar-refractivity contribution is 6.16. The molecule has 2 nitrogen and oxygen atoms in total. The van der Waals surface area contributed by atoms with Crippen LogP contribution < -0.4 is 9.47 Å². The third kappa shape index (κ3) is 13.7. The van der Waals surface area contributed by atoms with E-state index < -0.39 is 0 Å². The van der Waals surface area contributed by atoms with Crippen molar-refractivity contribution in [2.45, 2.75) is 142 Å². The van der Waals surface area contributed by atoms with E-state index in [1.54, 1.807) is 0 Å². The third-order valence-corrected chi connectivity index (χ3v) is 12.8. The largest absolute Gasteiger partial charge is 0.494 e. The number of hydrogen-bond donors (Lipinski definition) is 0. The van der Waals surface area contributed by atoms with E-state index in [9.17, 15) is 0 Å². The van der Waals surface area contributed by atoms with Gasteiger partial charge in [-0.05, 0) is 129 Å². The van der Waals surface area contributed by atoms with E-state index in [0.29, 0.717) is 0 Å². The molecule has 0 unspecified atom stereocenters. The molecular weight excluding hydrogens is 777 g/mol. The Morgan fingerprint density at radius 3 is 0.891 bits per heavy atom. The monoisotopic (exact) mass is 847 g/mol. The molecule has 0 aromatic heterocycles. The summed E-state index contributed by atoms with van der Waals surface area (Å²) >= 11 is 0. The van der Waals surface area contributed by atoms with Crippen LogP contribution in [0.2, 0.25) is 0 Å². The predicted octanol–water partition coefficient (Wildman–Crippen LogP) is 17.7. The topological polar surface area (TPSA) is 18.5 Å². The lowest BCUT2D eigenvalue weighted by Gasteiger charge is -2.14. The van der Waals surface area contributed by atoms with Crippen LogP contribution in [-0.4, -0.2) is 13.2 Å². The Hall–Kier alpha value is -5.70. The first-order valence-corrected chi connectivity index (χ1v) is 25.0. The Morgan fingerprint density at radius 1 is 0.312 bits per heavy atom. The fourth-order valence-corrected chi connectivity index (χ4v) is 8.96. The first kappa shape index (κ1) is 46.3. The van der Waals surface area contributed by atoms with E-state index in [4.69, 9.17) is 9.47 Å². The van der Waals surface area contributed by atoms with Crippen LogP contribution in [-0.2, 0) is 0 Å². The van der Waals surface area contributed by atoms with Crippen LogP contribution in [0, 0.1) is 23.7 Å². The molecule has 0 saturated heterocycles. The molecule has 330 valence electrons. The summed E-state index contributed by atoms with van der Waals surface area (Å²) in [6.07, 6.45) is 26.5. The summed E-state index contributed by atoms with van der Waals surface area (Å²) in [4.78, 5) is 0. The van der Waals surface area contributed by atoms with Crippen molar-refractivity contribution < 1.29 is 9.47 Å². The minimum Gasteiger partial charge on any atom is -0.494 e. The number of ether oxygens (including phenoxy) is 2. The van der Waals surface area contributed by atoms with Crippen molar-refractivity contribution in [3.05, 3.63) is 144 Å². The Morgan fingerprint density at radius 2 is 0.594 bits per heavy atom. The molecule has 0 amide bonds. The molecule has 64 heavy (non-hydrogen) atoms. The van der Waals surface area contributed by atoms with Gasteiger partial charge in [0.25, 0.3) is 0 Å². The Bertz CT molecular complexity index is 2360. The smallest absolute Gasteiger partial charge is 0.119 e. The maximum Gasteiger partial charge on any atom is 0.119 e. The van der Waals surface area contributed by atoms with Crippen molar-refractivity contribution in [1.29, 1.82) is 0 Å². The third-order valence-electron chi connectivity index (χ3n) is 12.8. The van der Waals surface area contributed by atoms with Crippen LogP contribution in [0.4, 0.5) is 0 Å². The lowest BCUT2D eigenvalue weighted by molar-refractivity contribution is 0.304. The van der Waals surface area contributed by atoms with Crippen LogP contribution in [0.5, 0.6) is 11.5 Å². The molecule has 0 aliphatic heterocycles. The van der Waals surface area contributed by atoms with Gasteiger partial charge in [0.15, 0.2) is 0 Å². The van der Waals surface area contributed by atoms with Gasteiger partial charge in [-0.2, -0.15) is 0 Å². The van der Waals surface area contributed by atoms with Gasteiger partial charge >= 0.3 is 0 Å². The molecule has 0 heterocycles. The lowest BCUT2D eigenvalue weighted by atomic mass is 9.88. The molecule has 0 N–H and O–H groups in total. The second kappa shape index (κ2) is 25.6. The first-order chi connectivity index (χ1) is 31.7. The van der Waals surface area contributed by atoms with Gasteiger partial charge in [-0.15, -0.1) is 0 Å². The van der Waals surface area contributed by atoms with E-state index in [2.05, 4.69) is 159 Å². The zero-order chi connectivity index (χ0) is 44.0. The standard InChI is InChI=1S/C62H70O2/c1-3-5-7-9-11-13-15-17-19-25-43-63-55-37-31-49(32-38-55)35-41-57-59-45-51-27-21-23-29-53(51)47-61(59)58(62-48-54-30-24-22-28-52(54)46-60(57)62)42-36-50-33-39-56(40-34-50)64-44-26-20-18-16-14-12-10-8-6-4-2/h21-24,27-34,37-40,45-48H,3-20,25-26,43-44H2,1-2H3. The van der Waals surface area contributed by atoms with Gasteiger partial charge < -0.3 is 9.47 Å². The van der Waals surface area contributed by atoms with Gasteiger partial charge in [0.1, 0.15) is 11.5 Å². The maximum atomic E-state index is 6.14. The van der Waals surface area contributed by atoms with Crippen LogP contribution >= 0.6 is 0 Å². The summed E-state index contributed by atoms with van der Waals surface area (Å²) in [5, 5.41) is 9.22. The lowest BCUT2D eigenvalue weighted by Crippen LogP contribution is -1.97. The molecule has 0 bridgehead atoms. The van der Waals surface area contributed by atoms with E-state index in [-0.39, 0.29) is 0 Å². The van der Waals surface area contributed by atoms with Crippen LogP contribution in [0.15, 0.2) is 121 Å². The zero-order valence-electron chi connectivity index (χ0n) is 38.9. The molecule has 2 heteroatoms. The molecule has 0 aliphatic carbocycles. The SMILES string of the molecule is CCCCCCCCCCCCOc1ccc(C#Cc2c3cc4ccccc4cc3c(C#Cc3ccc(OCCCCCCCCCCCC)cc3)c3cc4ccccc4cc23)cc1. The van der Waals surface area contributed by atoms with E-state index in [1.165, 1.54) is 137 Å². The molecule has 0 saturated carbocycles. The number of benzene rings is 7. The zero-order valence-corrected chi connectivity index (χ0v) is 38.9. The molecule has 0 radical (unpaired) electrons. The van der Waals surface area contributed by atoms with Crippen molar-refractivity contribution in [3.8, 4) is 35.2 Å². The quantitative estimate of drug-likeness (QED) is 0.0343. The summed E-state index contributed by atoms with van der Waals surface area (Å²) in [6, 6.07) is 43.0. The normalized spacial score (nSPS) is 11.2. The number of unbranched alkanes of at least 4 members (excludes halogenated alkanes) is 18. The Kier molecular flexibility index (Phi) is 18.5. The summed E-state index contributed by atoms with van der Waals surface area (Å²) in [5.74, 6) is 16.3. The highest BCUT2D eigenvalue weighted by Crippen LogP contribution is 2.37. The summed E-state index contributed by atoms with van der Waals surface area (Å²) in [6.45, 7) is 6.08. The second-order valence-corrected chi connectivity index (χ2v) is 17.8. The fraction of sp³-hybridized carbons (Fsp3) is 0.387. The van der Waals surface area contributed by atoms with E-state index in [1.807, 2.05) is 0 Å². The first-order valence-electron chi connectivity index (χ1n) is 25.0. The van der Waals surface area contributed by atoms with Gasteiger partial charge in [-0.3, -0.25) is 0 Å². The number of rotatable bonds is 24. The van der Waals surface area contributed by atoms with Crippen molar-refractivity contribution in [1.82, 2.24) is 0 Å². The average Bonchev–Trinajstić information content (AvgIpc) is 3.33. The molecule has 0 atom stereocenters. The van der Waals surface area contributed by atoms with Crippen molar-refractivity contribution in [2.24, 2.45) is 0 Å². The van der Waals surface area contributed by atoms with E-state index >= 15 is 0 Å². The summed E-state index contributed by atoms with van der Waals surface area (Å²) in [7, 11) is 0. The highest BCUT2D eigenvalue weighted by atomic mass is 16.5. The number of hydrogen-bond acceptors (Lipinski definition) is 2. The minimum atomic E-state index is 0.760. The molecule has 7 aromatic carbocycles. The van der Waals surface area contributed by atoms with Crippen LogP contribution in [0.25, 0.3) is 43.1 Å². The van der Waals surface area contributed by atoms with Crippen molar-refractivity contribution in [2.75, 3.05) is 13.2 Å². The molecule has 7 aromatic rings. The van der Waals surface area contributed by atoms with Crippen LogP contribution in [0.1, 0.15) is 165 Å². The minimum absolute atomic E-state index is 0.760. The van der Waals surface area contributed by atoms with Gasteiger partial charge in [-0.25, -0.2) is 0 Å². The Labute approximate surface area is 385 Å². The molecule has 0 spiro atoms. The van der Waals surface area contributed by atoms with Gasteiger partial charge in [0, 0.05) is 22.3 Å². The molecular formula is C62H70O2. The van der Waals surface area contributed by atoms with Crippen LogP contribution in [0.3, 0.4) is 0 Å². The fourth-order valence-electron chi connectivity index (χ4n) is 8.96. The van der Waals surface area contributed by atoms with Crippen molar-refractivity contribution in [3.63, 3.8) is 0 Å². The van der Waals surface area contributed by atoms with Gasteiger partial charge in [-0.1, -0.05) is 202 Å². The molecule has 0 fully saturated rings. The molecule has 0 aliphatic rings. The van der Waals surface area contributed by atoms with Crippen molar-refractivity contribution >= 4 is 43.1 Å². The molecule has 7 rings (SSSR count). The van der Waals surface area contributed by atoms with E-state index in [0.717, 1.165) is 81.4 Å². The predicted molar refractivity (Wildman–Crippen MR) is 276 cm³/mol. The number of fused-ring (bicyclic) bond motifs is 4. The van der Waals surface area contributed by atoms with Gasteiger partial charge in [0.2, 0.25) is 0 Å². The van der Waals surface area contributed by atoms with Gasteiger partial charge in [0.05, 0.1) is 13.2 Å². The summed E-state index contributed by atoms with van der Waals surface area (Å²) < 4.78 is 12.3. The average molecular weight is 847 g/mol. The Balaban J connectivity index is 1.07. The maximum absolute atomic E-state index is 6.14. The second-order valence-electron chi connectivity index (χ2n) is 17.8. The summed E-state index contributed by atoms with van der Waals surface area (Å²) in [5.41, 5.74) is 3.98. The highest BCUT2D eigenvalue weighted by Gasteiger charge is 2.15.